The molecule has 1 amide bonds. The molecule has 0 bridgehead atoms. The average Bonchev–Trinajstić information content (AvgIpc) is 2.84. The van der Waals surface area contributed by atoms with Gasteiger partial charge in [0.05, 0.1) is 12.2 Å². The Morgan fingerprint density at radius 2 is 2.06 bits per heavy atom. The Morgan fingerprint density at radius 1 is 1.16 bits per heavy atom. The highest BCUT2D eigenvalue weighted by atomic mass is 19.1. The Bertz CT molecular complexity index is 1030. The molecule has 1 unspecified atom stereocenters. The number of hydrogen-bond acceptors (Lipinski definition) is 6. The molecule has 1 fully saturated rings. The Balaban J connectivity index is 1.61. The minimum atomic E-state index is -0.247. The van der Waals surface area contributed by atoms with E-state index in [0.717, 1.165) is 48.4 Å². The van der Waals surface area contributed by atoms with Crippen LogP contribution in [-0.2, 0) is 17.8 Å². The number of piperazine rings is 1. The summed E-state index contributed by atoms with van der Waals surface area (Å²) in [4.78, 5) is 22.6. The third-order valence-electron chi connectivity index (χ3n) is 5.46. The number of benzene rings is 1. The number of anilines is 2. The van der Waals surface area contributed by atoms with Gasteiger partial charge in [-0.15, -0.1) is 0 Å². The van der Waals surface area contributed by atoms with Gasteiger partial charge < -0.3 is 20.9 Å². The van der Waals surface area contributed by atoms with Crippen molar-refractivity contribution in [2.24, 2.45) is 0 Å². The van der Waals surface area contributed by atoms with Crippen LogP contribution in [0.2, 0.25) is 0 Å². The molecule has 166 valence electrons. The number of pyridine rings is 2. The smallest absolute Gasteiger partial charge is 0.214 e. The van der Waals surface area contributed by atoms with Crippen LogP contribution in [0.15, 0.2) is 61.1 Å². The lowest BCUT2D eigenvalue weighted by Gasteiger charge is -2.30. The molecule has 4 rings (SSSR count). The van der Waals surface area contributed by atoms with E-state index in [-0.39, 0.29) is 11.9 Å². The number of aromatic nitrogens is 2. The van der Waals surface area contributed by atoms with Crippen molar-refractivity contribution >= 4 is 17.9 Å². The van der Waals surface area contributed by atoms with Crippen LogP contribution in [0.1, 0.15) is 22.7 Å². The van der Waals surface area contributed by atoms with Gasteiger partial charge in [0.2, 0.25) is 6.41 Å². The van der Waals surface area contributed by atoms with Crippen molar-refractivity contribution in [3.63, 3.8) is 0 Å². The minimum Gasteiger partial charge on any atom is -0.368 e. The van der Waals surface area contributed by atoms with E-state index in [1.54, 1.807) is 29.6 Å². The molecule has 1 aliphatic rings. The van der Waals surface area contributed by atoms with E-state index >= 15 is 0 Å². The Kier molecular flexibility index (Phi) is 7.37. The van der Waals surface area contributed by atoms with Gasteiger partial charge in [-0.05, 0) is 47.4 Å². The number of carbonyl (C=O) groups is 1. The SMILES string of the molecule is O=CN(Cc1cccnc1)c1c(C2CNCCN2)ccnc1NCCc1cccc(F)c1. The lowest BCUT2D eigenvalue weighted by molar-refractivity contribution is -0.107. The summed E-state index contributed by atoms with van der Waals surface area (Å²) >= 11 is 0. The van der Waals surface area contributed by atoms with Gasteiger partial charge in [-0.2, -0.15) is 0 Å². The summed E-state index contributed by atoms with van der Waals surface area (Å²) in [7, 11) is 0. The van der Waals surface area contributed by atoms with Crippen molar-refractivity contribution in [1.82, 2.24) is 20.6 Å². The molecule has 0 spiro atoms. The van der Waals surface area contributed by atoms with Crippen molar-refractivity contribution < 1.29 is 9.18 Å². The number of carbonyl (C=O) groups excluding carboxylic acids is 1. The normalized spacial score (nSPS) is 15.8. The quantitative estimate of drug-likeness (QED) is 0.449. The fourth-order valence-electron chi connectivity index (χ4n) is 3.93. The molecular formula is C24H27FN6O. The van der Waals surface area contributed by atoms with Crippen molar-refractivity contribution in [3.05, 3.63) is 83.6 Å². The van der Waals surface area contributed by atoms with Crippen LogP contribution in [0.4, 0.5) is 15.9 Å². The summed E-state index contributed by atoms with van der Waals surface area (Å²) in [5, 5.41) is 10.3. The summed E-state index contributed by atoms with van der Waals surface area (Å²) in [6.07, 6.45) is 6.69. The molecule has 1 aromatic carbocycles. The second-order valence-electron chi connectivity index (χ2n) is 7.71. The molecule has 0 saturated carbocycles. The van der Waals surface area contributed by atoms with Crippen molar-refractivity contribution in [3.8, 4) is 0 Å². The van der Waals surface area contributed by atoms with Gasteiger partial charge in [-0.1, -0.05) is 18.2 Å². The van der Waals surface area contributed by atoms with E-state index in [2.05, 4.69) is 25.9 Å². The van der Waals surface area contributed by atoms with Crippen LogP contribution >= 0.6 is 0 Å². The maximum Gasteiger partial charge on any atom is 0.214 e. The van der Waals surface area contributed by atoms with Crippen molar-refractivity contribution in [2.45, 2.75) is 19.0 Å². The summed E-state index contributed by atoms with van der Waals surface area (Å²) in [6, 6.07) is 12.4. The number of halogens is 1. The first-order valence-corrected chi connectivity index (χ1v) is 10.8. The maximum atomic E-state index is 13.5. The molecule has 1 aliphatic heterocycles. The van der Waals surface area contributed by atoms with Crippen LogP contribution < -0.4 is 20.9 Å². The molecular weight excluding hydrogens is 407 g/mol. The van der Waals surface area contributed by atoms with Gasteiger partial charge in [-0.25, -0.2) is 9.37 Å². The number of nitrogens with zero attached hydrogens (tertiary/aromatic N) is 3. The summed E-state index contributed by atoms with van der Waals surface area (Å²) < 4.78 is 13.5. The van der Waals surface area contributed by atoms with E-state index in [1.165, 1.54) is 12.1 Å². The first-order chi connectivity index (χ1) is 15.7. The summed E-state index contributed by atoms with van der Waals surface area (Å²) in [6.45, 7) is 3.46. The third kappa shape index (κ3) is 5.46. The van der Waals surface area contributed by atoms with E-state index in [9.17, 15) is 9.18 Å². The average molecular weight is 435 g/mol. The molecule has 1 saturated heterocycles. The largest absolute Gasteiger partial charge is 0.368 e. The summed E-state index contributed by atoms with van der Waals surface area (Å²) in [5.41, 5.74) is 3.56. The maximum absolute atomic E-state index is 13.5. The van der Waals surface area contributed by atoms with Crippen LogP contribution in [0.25, 0.3) is 0 Å². The van der Waals surface area contributed by atoms with Crippen LogP contribution in [-0.4, -0.2) is 42.6 Å². The second-order valence-corrected chi connectivity index (χ2v) is 7.71. The molecule has 32 heavy (non-hydrogen) atoms. The van der Waals surface area contributed by atoms with Crippen LogP contribution in [0.3, 0.4) is 0 Å². The molecule has 1 atom stereocenters. The Morgan fingerprint density at radius 3 is 2.81 bits per heavy atom. The summed E-state index contributed by atoms with van der Waals surface area (Å²) in [5.74, 6) is 0.380. The molecule has 7 nitrogen and oxygen atoms in total. The highest BCUT2D eigenvalue weighted by molar-refractivity contribution is 5.84. The zero-order chi connectivity index (χ0) is 22.2. The minimum absolute atomic E-state index is 0.0573. The third-order valence-corrected chi connectivity index (χ3v) is 5.46. The fraction of sp³-hybridized carbons (Fsp3) is 0.292. The number of amides is 1. The monoisotopic (exact) mass is 434 g/mol. The van der Waals surface area contributed by atoms with Gasteiger partial charge in [0.25, 0.3) is 0 Å². The van der Waals surface area contributed by atoms with Gasteiger partial charge in [-0.3, -0.25) is 9.78 Å². The fourth-order valence-corrected chi connectivity index (χ4v) is 3.93. The molecule has 0 aliphatic carbocycles. The molecule has 2 aromatic heterocycles. The molecule has 3 aromatic rings. The standard InChI is InChI=1S/C24H27FN6O/c25-20-5-1-3-18(13-20)6-9-29-24-23(31(17-32)16-19-4-2-8-26-14-19)21(7-10-30-24)22-15-27-11-12-28-22/h1-5,7-8,10,13-14,17,22,27-28H,6,9,11-12,15-16H2,(H,29,30). The predicted octanol–water partition coefficient (Wildman–Crippen LogP) is 2.67. The topological polar surface area (TPSA) is 82.2 Å². The van der Waals surface area contributed by atoms with Gasteiger partial charge in [0.1, 0.15) is 11.6 Å². The highest BCUT2D eigenvalue weighted by Crippen LogP contribution is 2.33. The zero-order valence-corrected chi connectivity index (χ0v) is 17.8. The predicted molar refractivity (Wildman–Crippen MR) is 123 cm³/mol. The van der Waals surface area contributed by atoms with Crippen LogP contribution in [0.5, 0.6) is 0 Å². The first kappa shape index (κ1) is 21.9. The van der Waals surface area contributed by atoms with Crippen molar-refractivity contribution in [1.29, 1.82) is 0 Å². The van der Waals surface area contributed by atoms with Crippen LogP contribution in [0, 0.1) is 5.82 Å². The van der Waals surface area contributed by atoms with E-state index in [0.29, 0.717) is 25.3 Å². The number of rotatable bonds is 9. The lowest BCUT2D eigenvalue weighted by Crippen LogP contribution is -2.43. The van der Waals surface area contributed by atoms with E-state index in [1.807, 2.05) is 24.3 Å². The molecule has 8 heteroatoms. The van der Waals surface area contributed by atoms with Crippen molar-refractivity contribution in [2.75, 3.05) is 36.4 Å². The highest BCUT2D eigenvalue weighted by Gasteiger charge is 2.24. The van der Waals surface area contributed by atoms with Gasteiger partial charge in [0, 0.05) is 50.8 Å². The lowest BCUT2D eigenvalue weighted by atomic mass is 10.0. The van der Waals surface area contributed by atoms with E-state index in [4.69, 9.17) is 0 Å². The molecule has 3 heterocycles. The second kappa shape index (κ2) is 10.8. The molecule has 0 radical (unpaired) electrons. The van der Waals surface area contributed by atoms with Gasteiger partial charge >= 0.3 is 0 Å². The first-order valence-electron chi connectivity index (χ1n) is 10.8. The van der Waals surface area contributed by atoms with Gasteiger partial charge in [0.15, 0.2) is 0 Å². The number of nitrogens with one attached hydrogen (secondary N) is 3. The molecule has 3 N–H and O–H groups in total. The Labute approximate surface area is 187 Å². The zero-order valence-electron chi connectivity index (χ0n) is 17.8. The number of hydrogen-bond donors (Lipinski definition) is 3. The van der Waals surface area contributed by atoms with E-state index < -0.39 is 0 Å². The Hall–Kier alpha value is -3.36.